The third-order valence-electron chi connectivity index (χ3n) is 5.18. The summed E-state index contributed by atoms with van der Waals surface area (Å²) in [6, 6.07) is 4.42. The summed E-state index contributed by atoms with van der Waals surface area (Å²) in [5.74, 6) is -4.85. The lowest BCUT2D eigenvalue weighted by Crippen LogP contribution is -2.32. The van der Waals surface area contributed by atoms with Gasteiger partial charge in [-0.15, -0.1) is 0 Å². The maximum atomic E-state index is 12.0. The number of nitrogens with zero attached hydrogens (tertiary/aromatic N) is 2. The number of carboxylic acid groups (broad SMARTS) is 2. The lowest BCUT2D eigenvalue weighted by atomic mass is 10.0. The van der Waals surface area contributed by atoms with Gasteiger partial charge in [0, 0.05) is 44.0 Å². The number of hydrogen-bond acceptors (Lipinski definition) is 6. The molecule has 1 aromatic heterocycles. The maximum Gasteiger partial charge on any atom is 0.490 e. The van der Waals surface area contributed by atoms with Gasteiger partial charge in [0.1, 0.15) is 0 Å². The fraction of sp³-hybridized carbons (Fsp3) is 0.619. The smallest absolute Gasteiger partial charge is 0.475 e. The van der Waals surface area contributed by atoms with E-state index in [1.807, 2.05) is 12.1 Å². The molecule has 3 rings (SSSR count). The minimum atomic E-state index is -5.08. The van der Waals surface area contributed by atoms with Gasteiger partial charge in [0.15, 0.2) is 0 Å². The van der Waals surface area contributed by atoms with Crippen LogP contribution in [0.5, 0.6) is 0 Å². The van der Waals surface area contributed by atoms with Crippen LogP contribution in [0.2, 0.25) is 0 Å². The minimum absolute atomic E-state index is 0.0644. The number of aliphatic carboxylic acids is 2. The first-order chi connectivity index (χ1) is 16.5. The second kappa shape index (κ2) is 13.4. The molecule has 3 atom stereocenters. The molecule has 0 aliphatic carbocycles. The van der Waals surface area contributed by atoms with E-state index in [4.69, 9.17) is 24.5 Å². The summed E-state index contributed by atoms with van der Waals surface area (Å²) in [5, 5.41) is 17.2. The molecule has 2 saturated heterocycles. The van der Waals surface area contributed by atoms with Gasteiger partial charge in [-0.1, -0.05) is 6.07 Å². The summed E-state index contributed by atoms with van der Waals surface area (Å²) < 4.78 is 69.5. The Balaban J connectivity index is 0.000000383. The number of pyridine rings is 1. The molecule has 1 aromatic rings. The fourth-order valence-electron chi connectivity index (χ4n) is 3.43. The lowest BCUT2D eigenvalue weighted by Gasteiger charge is -2.22. The number of rotatable bonds is 5. The number of aromatic nitrogens is 1. The molecule has 36 heavy (non-hydrogen) atoms. The second-order valence-electron chi connectivity index (χ2n) is 8.29. The molecule has 0 bridgehead atoms. The van der Waals surface area contributed by atoms with Gasteiger partial charge in [0.25, 0.3) is 0 Å². The van der Waals surface area contributed by atoms with Crippen molar-refractivity contribution in [1.29, 1.82) is 0 Å². The molecule has 0 unspecified atom stereocenters. The molecule has 3 heterocycles. The highest BCUT2D eigenvalue weighted by Crippen LogP contribution is 2.34. The van der Waals surface area contributed by atoms with Crippen LogP contribution in [0.4, 0.5) is 26.3 Å². The topological polar surface area (TPSA) is 129 Å². The van der Waals surface area contributed by atoms with Crippen LogP contribution in [0.1, 0.15) is 32.3 Å². The highest BCUT2D eigenvalue weighted by atomic mass is 19.4. The van der Waals surface area contributed by atoms with Crippen LogP contribution in [0, 0.1) is 5.92 Å². The van der Waals surface area contributed by atoms with Gasteiger partial charge in [0.2, 0.25) is 5.91 Å². The van der Waals surface area contributed by atoms with Crippen LogP contribution in [0.3, 0.4) is 0 Å². The number of alkyl halides is 6. The summed E-state index contributed by atoms with van der Waals surface area (Å²) in [4.78, 5) is 36.3. The van der Waals surface area contributed by atoms with E-state index in [2.05, 4.69) is 29.0 Å². The zero-order chi connectivity index (χ0) is 27.7. The van der Waals surface area contributed by atoms with Crippen LogP contribution >= 0.6 is 0 Å². The highest BCUT2D eigenvalue weighted by Gasteiger charge is 2.43. The Labute approximate surface area is 202 Å². The van der Waals surface area contributed by atoms with E-state index < -0.39 is 24.3 Å². The predicted octanol–water partition coefficient (Wildman–Crippen LogP) is 2.85. The number of ether oxygens (including phenoxy) is 1. The van der Waals surface area contributed by atoms with Crippen molar-refractivity contribution < 1.29 is 55.7 Å². The first kappa shape index (κ1) is 31.1. The fourth-order valence-corrected chi connectivity index (χ4v) is 3.43. The molecule has 9 nitrogen and oxygen atoms in total. The van der Waals surface area contributed by atoms with Gasteiger partial charge in [-0.2, -0.15) is 26.3 Å². The Morgan fingerprint density at radius 3 is 2.08 bits per heavy atom. The molecule has 2 fully saturated rings. The first-order valence-corrected chi connectivity index (χ1v) is 10.7. The van der Waals surface area contributed by atoms with Crippen LogP contribution in [-0.2, 0) is 25.7 Å². The van der Waals surface area contributed by atoms with Crippen molar-refractivity contribution in [1.82, 2.24) is 15.2 Å². The van der Waals surface area contributed by atoms with Gasteiger partial charge >= 0.3 is 24.3 Å². The van der Waals surface area contributed by atoms with Crippen LogP contribution < -0.4 is 5.32 Å². The average molecular weight is 531 g/mol. The number of carbonyl (C=O) groups excluding carboxylic acids is 1. The van der Waals surface area contributed by atoms with Crippen molar-refractivity contribution in [3.63, 3.8) is 0 Å². The Morgan fingerprint density at radius 1 is 1.11 bits per heavy atom. The summed E-state index contributed by atoms with van der Waals surface area (Å²) in [7, 11) is 0. The molecule has 0 aromatic carbocycles. The summed E-state index contributed by atoms with van der Waals surface area (Å²) in [6.45, 7) is 7.11. The molecule has 3 N–H and O–H groups in total. The Morgan fingerprint density at radius 2 is 1.67 bits per heavy atom. The van der Waals surface area contributed by atoms with Gasteiger partial charge in [-0.25, -0.2) is 9.59 Å². The van der Waals surface area contributed by atoms with Crippen molar-refractivity contribution in [2.45, 2.75) is 63.8 Å². The monoisotopic (exact) mass is 531 g/mol. The Bertz CT molecular complexity index is 828. The van der Waals surface area contributed by atoms with E-state index in [9.17, 15) is 31.1 Å². The third-order valence-corrected chi connectivity index (χ3v) is 5.18. The first-order valence-electron chi connectivity index (χ1n) is 10.7. The van der Waals surface area contributed by atoms with Gasteiger partial charge < -0.3 is 20.3 Å². The number of amides is 1. The van der Waals surface area contributed by atoms with E-state index in [1.165, 1.54) is 0 Å². The summed E-state index contributed by atoms with van der Waals surface area (Å²) >= 11 is 0. The molecule has 204 valence electrons. The molecule has 0 saturated carbocycles. The maximum absolute atomic E-state index is 12.0. The number of carboxylic acids is 2. The Kier molecular flexibility index (Phi) is 11.6. The van der Waals surface area contributed by atoms with E-state index in [0.717, 1.165) is 25.1 Å². The number of halogens is 6. The summed E-state index contributed by atoms with van der Waals surface area (Å²) in [6.07, 6.45) is -4.78. The van der Waals surface area contributed by atoms with Gasteiger partial charge in [-0.3, -0.25) is 14.7 Å². The molecule has 0 radical (unpaired) electrons. The van der Waals surface area contributed by atoms with E-state index in [0.29, 0.717) is 31.0 Å². The zero-order valence-corrected chi connectivity index (χ0v) is 19.3. The Hall–Kier alpha value is -2.94. The molecular formula is C21H27F6N3O6. The van der Waals surface area contributed by atoms with Crippen LogP contribution in [-0.4, -0.2) is 81.6 Å². The second-order valence-corrected chi connectivity index (χ2v) is 8.29. The van der Waals surface area contributed by atoms with Crippen LogP contribution in [0.25, 0.3) is 0 Å². The van der Waals surface area contributed by atoms with E-state index >= 15 is 0 Å². The normalized spacial score (nSPS) is 21.5. The van der Waals surface area contributed by atoms with Gasteiger partial charge in [-0.05, 0) is 31.9 Å². The van der Waals surface area contributed by atoms with E-state index in [-0.39, 0.29) is 12.0 Å². The van der Waals surface area contributed by atoms with Crippen LogP contribution in [0.15, 0.2) is 24.5 Å². The number of fused-ring (bicyclic) bond motifs is 1. The minimum Gasteiger partial charge on any atom is -0.475 e. The molecule has 2 aliphatic heterocycles. The summed E-state index contributed by atoms with van der Waals surface area (Å²) in [5.41, 5.74) is 1.02. The third kappa shape index (κ3) is 11.2. The average Bonchev–Trinajstić information content (AvgIpc) is 3.31. The molecule has 0 spiro atoms. The lowest BCUT2D eigenvalue weighted by molar-refractivity contribution is -0.193. The van der Waals surface area contributed by atoms with Crippen molar-refractivity contribution in [3.8, 4) is 0 Å². The van der Waals surface area contributed by atoms with Crippen molar-refractivity contribution in [2.24, 2.45) is 5.92 Å². The van der Waals surface area contributed by atoms with E-state index in [1.54, 1.807) is 12.4 Å². The van der Waals surface area contributed by atoms with Crippen molar-refractivity contribution in [3.05, 3.63) is 30.1 Å². The number of nitrogens with one attached hydrogen (secondary N) is 1. The molecule has 1 amide bonds. The molecular weight excluding hydrogens is 504 g/mol. The molecule has 15 heteroatoms. The van der Waals surface area contributed by atoms with Crippen molar-refractivity contribution in [2.75, 3.05) is 13.1 Å². The predicted molar refractivity (Wildman–Crippen MR) is 112 cm³/mol. The number of carbonyl (C=O) groups is 3. The standard InChI is InChI=1S/C17H25N3O2.2C2HF3O2/c1-12(2)20-10-14-6-15(22-16(14)11-20)7-17(21)19-9-13-4-3-5-18-8-13;2*3-2(4,5)1(6)7/h3-5,8,12,14-16H,6-7,9-11H2,1-2H3,(H,19,21);2*(H,6,7)/t14-,15-,16+;;/m0../s1. The highest BCUT2D eigenvalue weighted by molar-refractivity contribution is 5.76. The zero-order valence-electron chi connectivity index (χ0n) is 19.3. The largest absolute Gasteiger partial charge is 0.490 e. The van der Waals surface area contributed by atoms with Crippen molar-refractivity contribution >= 4 is 17.8 Å². The number of likely N-dealkylation sites (tertiary alicyclic amines) is 1. The van der Waals surface area contributed by atoms with Gasteiger partial charge in [0.05, 0.1) is 18.6 Å². The number of hydrogen-bond donors (Lipinski definition) is 3. The quantitative estimate of drug-likeness (QED) is 0.495. The SMILES string of the molecule is CC(C)N1C[C@@H]2C[C@@H](CC(=O)NCc3cccnc3)O[C@@H]2C1.O=C(O)C(F)(F)F.O=C(O)C(F)(F)F. The molecule has 2 aliphatic rings.